The summed E-state index contributed by atoms with van der Waals surface area (Å²) in [6.07, 6.45) is 4.28. The molecule has 0 aliphatic heterocycles. The van der Waals surface area contributed by atoms with Gasteiger partial charge in [0.25, 0.3) is 0 Å². The van der Waals surface area contributed by atoms with Crippen LogP contribution in [0.25, 0.3) is 28.0 Å². The van der Waals surface area contributed by atoms with Crippen molar-refractivity contribution in [3.63, 3.8) is 0 Å². The molecule has 1 heterocycles. The summed E-state index contributed by atoms with van der Waals surface area (Å²) in [5.41, 5.74) is 3.62. The van der Waals surface area contributed by atoms with Gasteiger partial charge in [-0.2, -0.15) is 0 Å². The number of likely N-dealkylation sites (N-methyl/N-ethyl adjacent to an activating group) is 1. The van der Waals surface area contributed by atoms with Crippen molar-refractivity contribution in [3.05, 3.63) is 100 Å². The van der Waals surface area contributed by atoms with Gasteiger partial charge in [-0.05, 0) is 42.4 Å². The molecule has 0 N–H and O–H groups in total. The van der Waals surface area contributed by atoms with Gasteiger partial charge in [-0.25, -0.2) is 0 Å². The van der Waals surface area contributed by atoms with E-state index in [4.69, 9.17) is 4.42 Å². The maximum atomic E-state index is 12.6. The monoisotopic (exact) mass is 355 g/mol. The van der Waals surface area contributed by atoms with Crippen LogP contribution < -0.4 is 5.43 Å². The summed E-state index contributed by atoms with van der Waals surface area (Å²) < 4.78 is 5.96. The van der Waals surface area contributed by atoms with Crippen LogP contribution in [0.4, 0.5) is 0 Å². The first-order valence-electron chi connectivity index (χ1n) is 9.05. The van der Waals surface area contributed by atoms with Crippen LogP contribution in [0, 0.1) is 0 Å². The minimum atomic E-state index is 0.0255. The second kappa shape index (κ2) is 7.60. The van der Waals surface area contributed by atoms with Gasteiger partial charge in [0.05, 0.1) is 10.8 Å². The average molecular weight is 355 g/mol. The molecule has 3 heteroatoms. The van der Waals surface area contributed by atoms with Crippen molar-refractivity contribution < 1.29 is 4.42 Å². The standard InChI is InChI=1S/C24H21NO2/c1-25(15-7-10-18-8-3-2-4-9-18)17-19-13-14-21-23(16-19)27-22-12-6-5-11-20(22)24(21)26/h2-14,16H,15,17H2,1H3/b10-7+. The first-order valence-corrected chi connectivity index (χ1v) is 9.05. The minimum Gasteiger partial charge on any atom is -0.456 e. The highest BCUT2D eigenvalue weighted by atomic mass is 16.3. The highest BCUT2D eigenvalue weighted by Gasteiger charge is 2.08. The molecule has 0 amide bonds. The Balaban J connectivity index is 1.53. The summed E-state index contributed by atoms with van der Waals surface area (Å²) in [6, 6.07) is 23.5. The number of para-hydroxylation sites is 1. The van der Waals surface area contributed by atoms with Gasteiger partial charge in [0.15, 0.2) is 0 Å². The molecule has 0 spiro atoms. The third-order valence-corrected chi connectivity index (χ3v) is 4.62. The lowest BCUT2D eigenvalue weighted by Crippen LogP contribution is -2.17. The quantitative estimate of drug-likeness (QED) is 0.468. The molecule has 27 heavy (non-hydrogen) atoms. The Morgan fingerprint density at radius 3 is 2.48 bits per heavy atom. The third-order valence-electron chi connectivity index (χ3n) is 4.62. The molecule has 0 radical (unpaired) electrons. The van der Waals surface area contributed by atoms with Crippen LogP contribution in [-0.2, 0) is 6.54 Å². The molecule has 0 aliphatic carbocycles. The first-order chi connectivity index (χ1) is 13.2. The molecule has 0 unspecified atom stereocenters. The van der Waals surface area contributed by atoms with Crippen molar-refractivity contribution in [2.75, 3.05) is 13.6 Å². The Bertz CT molecular complexity index is 1160. The van der Waals surface area contributed by atoms with Gasteiger partial charge in [0.1, 0.15) is 11.2 Å². The molecule has 3 aromatic carbocycles. The lowest BCUT2D eigenvalue weighted by Gasteiger charge is -2.14. The SMILES string of the molecule is CN(C/C=C/c1ccccc1)Cc1ccc2c(=O)c3ccccc3oc2c1. The molecule has 134 valence electrons. The van der Waals surface area contributed by atoms with Gasteiger partial charge in [-0.15, -0.1) is 0 Å². The zero-order chi connectivity index (χ0) is 18.6. The van der Waals surface area contributed by atoms with Gasteiger partial charge in [0.2, 0.25) is 5.43 Å². The Morgan fingerprint density at radius 2 is 1.63 bits per heavy atom. The van der Waals surface area contributed by atoms with Crippen LogP contribution in [0.15, 0.2) is 88.1 Å². The molecule has 0 saturated carbocycles. The smallest absolute Gasteiger partial charge is 0.200 e. The van der Waals surface area contributed by atoms with Gasteiger partial charge < -0.3 is 4.42 Å². The molecular formula is C24H21NO2. The fourth-order valence-electron chi connectivity index (χ4n) is 3.25. The second-order valence-corrected chi connectivity index (χ2v) is 6.77. The summed E-state index contributed by atoms with van der Waals surface area (Å²) in [5.74, 6) is 0. The van der Waals surface area contributed by atoms with Crippen molar-refractivity contribution in [2.45, 2.75) is 6.54 Å². The van der Waals surface area contributed by atoms with E-state index < -0.39 is 0 Å². The maximum absolute atomic E-state index is 12.6. The van der Waals surface area contributed by atoms with Crippen LogP contribution in [0.5, 0.6) is 0 Å². The van der Waals surface area contributed by atoms with E-state index in [1.165, 1.54) is 5.56 Å². The lowest BCUT2D eigenvalue weighted by molar-refractivity contribution is 0.364. The van der Waals surface area contributed by atoms with E-state index in [9.17, 15) is 4.79 Å². The van der Waals surface area contributed by atoms with Crippen LogP contribution in [0.3, 0.4) is 0 Å². The number of benzene rings is 3. The molecular weight excluding hydrogens is 334 g/mol. The first kappa shape index (κ1) is 17.3. The Morgan fingerprint density at radius 1 is 0.889 bits per heavy atom. The molecule has 0 aliphatic rings. The van der Waals surface area contributed by atoms with Gasteiger partial charge in [0, 0.05) is 13.1 Å². The van der Waals surface area contributed by atoms with Crippen molar-refractivity contribution in [2.24, 2.45) is 0 Å². The van der Waals surface area contributed by atoms with Crippen LogP contribution >= 0.6 is 0 Å². The number of hydrogen-bond donors (Lipinski definition) is 0. The number of rotatable bonds is 5. The number of nitrogens with zero attached hydrogens (tertiary/aromatic N) is 1. The van der Waals surface area contributed by atoms with E-state index in [2.05, 4.69) is 36.2 Å². The van der Waals surface area contributed by atoms with E-state index in [0.717, 1.165) is 18.7 Å². The minimum absolute atomic E-state index is 0.0255. The molecule has 1 aromatic heterocycles. The van der Waals surface area contributed by atoms with Gasteiger partial charge >= 0.3 is 0 Å². The lowest BCUT2D eigenvalue weighted by atomic mass is 10.1. The third kappa shape index (κ3) is 3.83. The average Bonchev–Trinajstić information content (AvgIpc) is 2.69. The van der Waals surface area contributed by atoms with Crippen molar-refractivity contribution in [1.82, 2.24) is 4.90 Å². The second-order valence-electron chi connectivity index (χ2n) is 6.77. The van der Waals surface area contributed by atoms with Crippen molar-refractivity contribution in [1.29, 1.82) is 0 Å². The fraction of sp³-hybridized carbons (Fsp3) is 0.125. The highest BCUT2D eigenvalue weighted by molar-refractivity contribution is 5.89. The highest BCUT2D eigenvalue weighted by Crippen LogP contribution is 2.20. The Hall–Kier alpha value is -3.17. The van der Waals surface area contributed by atoms with E-state index in [1.54, 1.807) is 6.07 Å². The fourth-order valence-corrected chi connectivity index (χ4v) is 3.25. The molecule has 3 nitrogen and oxygen atoms in total. The van der Waals surface area contributed by atoms with Crippen LogP contribution in [-0.4, -0.2) is 18.5 Å². The van der Waals surface area contributed by atoms with Crippen molar-refractivity contribution >= 4 is 28.0 Å². The topological polar surface area (TPSA) is 33.5 Å². The molecule has 0 bridgehead atoms. The van der Waals surface area contributed by atoms with E-state index in [-0.39, 0.29) is 5.43 Å². The predicted molar refractivity (Wildman–Crippen MR) is 112 cm³/mol. The largest absolute Gasteiger partial charge is 0.456 e. The molecule has 4 rings (SSSR count). The van der Waals surface area contributed by atoms with Crippen LogP contribution in [0.2, 0.25) is 0 Å². The number of hydrogen-bond acceptors (Lipinski definition) is 3. The zero-order valence-corrected chi connectivity index (χ0v) is 15.3. The molecule has 4 aromatic rings. The molecule has 0 fully saturated rings. The molecule has 0 saturated heterocycles. The molecule has 0 atom stereocenters. The summed E-state index contributed by atoms with van der Waals surface area (Å²) in [4.78, 5) is 14.8. The summed E-state index contributed by atoms with van der Waals surface area (Å²) in [6.45, 7) is 1.63. The Labute approximate surface area is 158 Å². The van der Waals surface area contributed by atoms with Crippen molar-refractivity contribution in [3.8, 4) is 0 Å². The summed E-state index contributed by atoms with van der Waals surface area (Å²) in [5, 5.41) is 1.25. The zero-order valence-electron chi connectivity index (χ0n) is 15.3. The summed E-state index contributed by atoms with van der Waals surface area (Å²) in [7, 11) is 2.08. The van der Waals surface area contributed by atoms with E-state index >= 15 is 0 Å². The van der Waals surface area contributed by atoms with E-state index in [0.29, 0.717) is 21.9 Å². The number of fused-ring (bicyclic) bond motifs is 2. The Kier molecular flexibility index (Phi) is 4.86. The summed E-state index contributed by atoms with van der Waals surface area (Å²) >= 11 is 0. The van der Waals surface area contributed by atoms with Gasteiger partial charge in [-0.1, -0.05) is 60.7 Å². The normalized spacial score (nSPS) is 11.8. The van der Waals surface area contributed by atoms with Crippen LogP contribution in [0.1, 0.15) is 11.1 Å². The van der Waals surface area contributed by atoms with Gasteiger partial charge in [-0.3, -0.25) is 9.69 Å². The predicted octanol–water partition coefficient (Wildman–Crippen LogP) is 5.09. The maximum Gasteiger partial charge on any atom is 0.200 e. The van der Waals surface area contributed by atoms with E-state index in [1.807, 2.05) is 54.6 Å².